The van der Waals surface area contributed by atoms with Crippen LogP contribution in [0.2, 0.25) is 0 Å². The van der Waals surface area contributed by atoms with E-state index in [4.69, 9.17) is 4.52 Å². The fourth-order valence-corrected chi connectivity index (χ4v) is 3.40. The number of nitrogens with one attached hydrogen (secondary N) is 1. The van der Waals surface area contributed by atoms with E-state index in [1.54, 1.807) is 18.7 Å². The molecule has 1 saturated heterocycles. The molecule has 0 aliphatic carbocycles. The van der Waals surface area contributed by atoms with E-state index < -0.39 is 18.0 Å². The largest absolute Gasteiger partial charge is 0.573 e. The lowest BCUT2D eigenvalue weighted by atomic mass is 10.1. The van der Waals surface area contributed by atoms with Gasteiger partial charge in [0, 0.05) is 24.6 Å². The Balaban J connectivity index is 1.65. The number of aromatic nitrogens is 1. The van der Waals surface area contributed by atoms with E-state index in [9.17, 15) is 22.8 Å². The number of carbonyl (C=O) groups excluding carboxylic acids is 2. The van der Waals surface area contributed by atoms with Crippen LogP contribution in [0.4, 0.5) is 13.2 Å². The lowest BCUT2D eigenvalue weighted by Gasteiger charge is -2.21. The SMILES string of the molecule is Cc1noc(C)c1CN1CCC(NC(=O)c2ccccc2OC(F)(F)F)CCC1=O. The van der Waals surface area contributed by atoms with Crippen LogP contribution in [0.3, 0.4) is 0 Å². The Labute approximate surface area is 171 Å². The molecular formula is C20H22F3N3O4. The number of halogens is 3. The molecule has 1 unspecified atom stereocenters. The zero-order chi connectivity index (χ0) is 21.9. The van der Waals surface area contributed by atoms with Crippen LogP contribution in [0, 0.1) is 13.8 Å². The van der Waals surface area contributed by atoms with Crippen LogP contribution >= 0.6 is 0 Å². The lowest BCUT2D eigenvalue weighted by molar-refractivity contribution is -0.274. The van der Waals surface area contributed by atoms with Gasteiger partial charge in [-0.15, -0.1) is 13.2 Å². The summed E-state index contributed by atoms with van der Waals surface area (Å²) in [5, 5.41) is 6.62. The first-order chi connectivity index (χ1) is 14.1. The van der Waals surface area contributed by atoms with Gasteiger partial charge in [0.15, 0.2) is 0 Å². The summed E-state index contributed by atoms with van der Waals surface area (Å²) >= 11 is 0. The Morgan fingerprint density at radius 1 is 1.30 bits per heavy atom. The molecular weight excluding hydrogens is 403 g/mol. The smallest absolute Gasteiger partial charge is 0.405 e. The zero-order valence-corrected chi connectivity index (χ0v) is 16.6. The van der Waals surface area contributed by atoms with E-state index in [0.29, 0.717) is 31.7 Å². The second kappa shape index (κ2) is 8.76. The number of carbonyl (C=O) groups is 2. The molecule has 1 fully saturated rings. The summed E-state index contributed by atoms with van der Waals surface area (Å²) in [5.74, 6) is -0.651. The van der Waals surface area contributed by atoms with E-state index in [1.807, 2.05) is 0 Å². The van der Waals surface area contributed by atoms with Crippen LogP contribution in [0.25, 0.3) is 0 Å². The third-order valence-electron chi connectivity index (χ3n) is 5.03. The molecule has 2 heterocycles. The summed E-state index contributed by atoms with van der Waals surface area (Å²) in [4.78, 5) is 26.7. The van der Waals surface area contributed by atoms with Gasteiger partial charge < -0.3 is 19.5 Å². The second-order valence-electron chi connectivity index (χ2n) is 7.16. The molecule has 0 saturated carbocycles. The number of ether oxygens (including phenoxy) is 1. The van der Waals surface area contributed by atoms with Gasteiger partial charge in [0.05, 0.1) is 17.8 Å². The maximum Gasteiger partial charge on any atom is 0.573 e. The standard InChI is InChI=1S/C20H22F3N3O4/c1-12-16(13(2)30-25-12)11-26-10-9-14(7-8-18(26)27)24-19(28)15-5-3-4-6-17(15)29-20(21,22)23/h3-6,14H,7-11H2,1-2H3,(H,24,28). The molecule has 3 rings (SSSR count). The van der Waals surface area contributed by atoms with Gasteiger partial charge in [0.25, 0.3) is 5.91 Å². The maximum atomic E-state index is 12.6. The van der Waals surface area contributed by atoms with Crippen molar-refractivity contribution in [3.63, 3.8) is 0 Å². The quantitative estimate of drug-likeness (QED) is 0.793. The lowest BCUT2D eigenvalue weighted by Crippen LogP contribution is -2.36. The van der Waals surface area contributed by atoms with Crippen LogP contribution in [-0.2, 0) is 11.3 Å². The average Bonchev–Trinajstić information content (AvgIpc) is 2.88. The van der Waals surface area contributed by atoms with Gasteiger partial charge in [-0.3, -0.25) is 9.59 Å². The van der Waals surface area contributed by atoms with Crippen molar-refractivity contribution in [2.45, 2.75) is 52.1 Å². The summed E-state index contributed by atoms with van der Waals surface area (Å²) in [6.07, 6.45) is -3.81. The van der Waals surface area contributed by atoms with Crippen molar-refractivity contribution in [1.82, 2.24) is 15.4 Å². The van der Waals surface area contributed by atoms with Crippen molar-refractivity contribution in [1.29, 1.82) is 0 Å². The maximum absolute atomic E-state index is 12.6. The van der Waals surface area contributed by atoms with Crippen molar-refractivity contribution < 1.29 is 32.0 Å². The minimum atomic E-state index is -4.90. The van der Waals surface area contributed by atoms with E-state index in [-0.39, 0.29) is 23.9 Å². The first-order valence-electron chi connectivity index (χ1n) is 9.49. The van der Waals surface area contributed by atoms with E-state index in [1.165, 1.54) is 18.2 Å². The summed E-state index contributed by atoms with van der Waals surface area (Å²) in [5.41, 5.74) is 1.36. The van der Waals surface area contributed by atoms with Crippen molar-refractivity contribution in [3.05, 3.63) is 46.8 Å². The summed E-state index contributed by atoms with van der Waals surface area (Å²) in [6.45, 7) is 4.34. The van der Waals surface area contributed by atoms with Crippen LogP contribution in [0.1, 0.15) is 46.6 Å². The molecule has 7 nitrogen and oxygen atoms in total. The van der Waals surface area contributed by atoms with Gasteiger partial charge in [-0.1, -0.05) is 17.3 Å². The van der Waals surface area contributed by atoms with E-state index in [0.717, 1.165) is 17.3 Å². The molecule has 1 aliphatic rings. The number of likely N-dealkylation sites (tertiary alicyclic amines) is 1. The van der Waals surface area contributed by atoms with Crippen LogP contribution < -0.4 is 10.1 Å². The fraction of sp³-hybridized carbons (Fsp3) is 0.450. The van der Waals surface area contributed by atoms with Crippen molar-refractivity contribution in [2.75, 3.05) is 6.54 Å². The molecule has 2 amide bonds. The number of para-hydroxylation sites is 1. The van der Waals surface area contributed by atoms with Crippen molar-refractivity contribution in [2.24, 2.45) is 0 Å². The molecule has 10 heteroatoms. The van der Waals surface area contributed by atoms with Crippen molar-refractivity contribution >= 4 is 11.8 Å². The number of benzene rings is 1. The Morgan fingerprint density at radius 3 is 2.70 bits per heavy atom. The van der Waals surface area contributed by atoms with Gasteiger partial charge in [-0.2, -0.15) is 0 Å². The summed E-state index contributed by atoms with van der Waals surface area (Å²) in [6, 6.07) is 4.82. The third kappa shape index (κ3) is 5.31. The number of hydrogen-bond donors (Lipinski definition) is 1. The molecule has 162 valence electrons. The summed E-state index contributed by atoms with van der Waals surface area (Å²) < 4.78 is 46.8. The molecule has 1 atom stereocenters. The van der Waals surface area contributed by atoms with Crippen molar-refractivity contribution in [3.8, 4) is 5.75 Å². The molecule has 30 heavy (non-hydrogen) atoms. The zero-order valence-electron chi connectivity index (χ0n) is 16.6. The Morgan fingerprint density at radius 2 is 2.03 bits per heavy atom. The molecule has 1 aromatic heterocycles. The number of amides is 2. The number of alkyl halides is 3. The highest BCUT2D eigenvalue weighted by atomic mass is 19.4. The predicted molar refractivity (Wildman–Crippen MR) is 99.6 cm³/mol. The first kappa shape index (κ1) is 21.7. The molecule has 1 N–H and O–H groups in total. The second-order valence-corrected chi connectivity index (χ2v) is 7.16. The fourth-order valence-electron chi connectivity index (χ4n) is 3.40. The Hall–Kier alpha value is -3.04. The van der Waals surface area contributed by atoms with Gasteiger partial charge in [0.1, 0.15) is 11.5 Å². The summed E-state index contributed by atoms with van der Waals surface area (Å²) in [7, 11) is 0. The van der Waals surface area contributed by atoms with Crippen LogP contribution in [0.15, 0.2) is 28.8 Å². The monoisotopic (exact) mass is 425 g/mol. The molecule has 1 aromatic carbocycles. The highest BCUT2D eigenvalue weighted by molar-refractivity contribution is 5.97. The van der Waals surface area contributed by atoms with Crippen LogP contribution in [0.5, 0.6) is 5.75 Å². The van der Waals surface area contributed by atoms with E-state index in [2.05, 4.69) is 15.2 Å². The van der Waals surface area contributed by atoms with Crippen LogP contribution in [-0.4, -0.2) is 40.8 Å². The number of rotatable bonds is 5. The Kier molecular flexibility index (Phi) is 6.33. The molecule has 1 aliphatic heterocycles. The van der Waals surface area contributed by atoms with Gasteiger partial charge in [0.2, 0.25) is 5.91 Å². The van der Waals surface area contributed by atoms with Gasteiger partial charge in [-0.05, 0) is 38.8 Å². The Bertz CT molecular complexity index is 907. The molecule has 0 bridgehead atoms. The molecule has 0 radical (unpaired) electrons. The normalized spacial score (nSPS) is 17.6. The minimum Gasteiger partial charge on any atom is -0.405 e. The van der Waals surface area contributed by atoms with Gasteiger partial charge in [-0.25, -0.2) is 0 Å². The number of aryl methyl sites for hydroxylation is 2. The molecule has 0 spiro atoms. The first-order valence-corrected chi connectivity index (χ1v) is 9.49. The highest BCUT2D eigenvalue weighted by Crippen LogP contribution is 2.27. The average molecular weight is 425 g/mol. The minimum absolute atomic E-state index is 0.0625. The topological polar surface area (TPSA) is 84.7 Å². The van der Waals surface area contributed by atoms with E-state index >= 15 is 0 Å². The number of nitrogens with zero attached hydrogens (tertiary/aromatic N) is 2. The predicted octanol–water partition coefficient (Wildman–Crippen LogP) is 3.50. The third-order valence-corrected chi connectivity index (χ3v) is 5.03. The van der Waals surface area contributed by atoms with Gasteiger partial charge >= 0.3 is 6.36 Å². The highest BCUT2D eigenvalue weighted by Gasteiger charge is 2.33. The number of hydrogen-bond acceptors (Lipinski definition) is 5. The molecule has 2 aromatic rings.